The molecule has 0 saturated carbocycles. The minimum absolute atomic E-state index is 0.00772. The summed E-state index contributed by atoms with van der Waals surface area (Å²) in [6.45, 7) is 5.93. The van der Waals surface area contributed by atoms with Crippen molar-refractivity contribution in [2.24, 2.45) is 0 Å². The zero-order valence-electron chi connectivity index (χ0n) is 24.1. The summed E-state index contributed by atoms with van der Waals surface area (Å²) in [6, 6.07) is 11.6. The molecule has 0 aliphatic carbocycles. The van der Waals surface area contributed by atoms with Gasteiger partial charge in [0.2, 0.25) is 5.75 Å². The van der Waals surface area contributed by atoms with Crippen LogP contribution in [0.2, 0.25) is 0 Å². The Morgan fingerprint density at radius 3 is 2.40 bits per heavy atom. The van der Waals surface area contributed by atoms with Crippen molar-refractivity contribution in [2.45, 2.75) is 39.3 Å². The van der Waals surface area contributed by atoms with Crippen molar-refractivity contribution in [3.63, 3.8) is 0 Å². The molecule has 1 aromatic heterocycles. The van der Waals surface area contributed by atoms with Gasteiger partial charge in [-0.05, 0) is 79.4 Å². The van der Waals surface area contributed by atoms with Crippen LogP contribution in [0.5, 0.6) is 23.0 Å². The van der Waals surface area contributed by atoms with Gasteiger partial charge in [0, 0.05) is 12.0 Å². The Morgan fingerprint density at radius 2 is 1.74 bits per heavy atom. The first kappa shape index (κ1) is 27.6. The largest absolute Gasteiger partial charge is 0.507 e. The number of anilines is 1. The predicted octanol–water partition coefficient (Wildman–Crippen LogP) is 5.89. The topological polar surface area (TPSA) is 107 Å². The summed E-state index contributed by atoms with van der Waals surface area (Å²) >= 11 is 1.31. The van der Waals surface area contributed by atoms with Gasteiger partial charge in [-0.15, -0.1) is 0 Å². The number of ether oxygens (including phenoxy) is 4. The average Bonchev–Trinajstić information content (AvgIpc) is 3.64. The second-order valence-corrected chi connectivity index (χ2v) is 11.5. The first-order valence-corrected chi connectivity index (χ1v) is 14.3. The number of amides is 1. The molecule has 6 rings (SSSR count). The predicted molar refractivity (Wildman–Crippen MR) is 160 cm³/mol. The van der Waals surface area contributed by atoms with Gasteiger partial charge in [0.1, 0.15) is 17.6 Å². The maximum absolute atomic E-state index is 13.8. The summed E-state index contributed by atoms with van der Waals surface area (Å²) in [6.07, 6.45) is 0.680. The fourth-order valence-electron chi connectivity index (χ4n) is 5.79. The van der Waals surface area contributed by atoms with Gasteiger partial charge in [0.05, 0.1) is 43.2 Å². The summed E-state index contributed by atoms with van der Waals surface area (Å²) in [4.78, 5) is 33.8. The van der Waals surface area contributed by atoms with E-state index in [0.717, 1.165) is 32.7 Å². The van der Waals surface area contributed by atoms with Crippen LogP contribution >= 0.6 is 11.3 Å². The van der Waals surface area contributed by atoms with Crippen LogP contribution in [0.15, 0.2) is 48.0 Å². The summed E-state index contributed by atoms with van der Waals surface area (Å²) in [7, 11) is 4.48. The maximum atomic E-state index is 13.8. The Kier molecular flexibility index (Phi) is 6.81. The average molecular weight is 587 g/mol. The van der Waals surface area contributed by atoms with Gasteiger partial charge in [0.25, 0.3) is 5.78 Å². The third-order valence-electron chi connectivity index (χ3n) is 7.64. The van der Waals surface area contributed by atoms with E-state index in [1.807, 2.05) is 32.9 Å². The Bertz CT molecular complexity index is 1780. The van der Waals surface area contributed by atoms with Gasteiger partial charge in [-0.3, -0.25) is 14.5 Å². The fraction of sp³-hybridized carbons (Fsp3) is 0.281. The van der Waals surface area contributed by atoms with Crippen molar-refractivity contribution in [2.75, 3.05) is 26.2 Å². The quantitative estimate of drug-likeness (QED) is 0.169. The molecule has 216 valence electrons. The Labute approximate surface area is 246 Å². The molecule has 10 heteroatoms. The second kappa shape index (κ2) is 10.4. The molecule has 4 aromatic rings. The standard InChI is InChI=1S/C32H30N2O7S/c1-15-9-16(2)26-24(10-15)42-32(33-26)34-27(20-13-22(38-4)30(40-6)23(14-20)39-5)25(29(36)31(34)37)28(35)18-7-8-21-19(12-18)11-17(3)41-21/h7-10,12-14,17,27,35H,11H2,1-6H3. The Hall–Kier alpha value is -4.57. The molecule has 1 fully saturated rings. The Morgan fingerprint density at radius 1 is 1.02 bits per heavy atom. The highest BCUT2D eigenvalue weighted by Crippen LogP contribution is 2.48. The highest BCUT2D eigenvalue weighted by Gasteiger charge is 2.49. The van der Waals surface area contributed by atoms with Crippen molar-refractivity contribution in [3.05, 3.63) is 75.9 Å². The number of hydrogen-bond donors (Lipinski definition) is 1. The number of fused-ring (bicyclic) bond motifs is 2. The number of aryl methyl sites for hydroxylation is 2. The first-order valence-electron chi connectivity index (χ1n) is 13.4. The smallest absolute Gasteiger partial charge is 0.301 e. The van der Waals surface area contributed by atoms with Crippen molar-refractivity contribution in [1.29, 1.82) is 0 Å². The van der Waals surface area contributed by atoms with E-state index >= 15 is 0 Å². The number of aliphatic hydroxyl groups is 1. The van der Waals surface area contributed by atoms with Gasteiger partial charge in [-0.2, -0.15) is 0 Å². The van der Waals surface area contributed by atoms with Gasteiger partial charge in [-0.1, -0.05) is 17.4 Å². The zero-order valence-corrected chi connectivity index (χ0v) is 24.9. The summed E-state index contributed by atoms with van der Waals surface area (Å²) in [5.41, 5.74) is 4.53. The second-order valence-electron chi connectivity index (χ2n) is 10.5. The highest BCUT2D eigenvalue weighted by molar-refractivity contribution is 7.22. The molecule has 0 radical (unpaired) electrons. The van der Waals surface area contributed by atoms with E-state index in [9.17, 15) is 14.7 Å². The third-order valence-corrected chi connectivity index (χ3v) is 8.64. The molecule has 1 amide bonds. The first-order chi connectivity index (χ1) is 20.1. The van der Waals surface area contributed by atoms with Crippen LogP contribution in [0.25, 0.3) is 16.0 Å². The molecule has 42 heavy (non-hydrogen) atoms. The maximum Gasteiger partial charge on any atom is 0.301 e. The van der Waals surface area contributed by atoms with Crippen LogP contribution < -0.4 is 23.8 Å². The van der Waals surface area contributed by atoms with Crippen molar-refractivity contribution in [1.82, 2.24) is 4.98 Å². The molecule has 2 aliphatic heterocycles. The number of carbonyl (C=O) groups is 2. The molecule has 0 bridgehead atoms. The molecule has 2 atom stereocenters. The van der Waals surface area contributed by atoms with Gasteiger partial charge < -0.3 is 24.1 Å². The summed E-state index contributed by atoms with van der Waals surface area (Å²) < 4.78 is 23.4. The van der Waals surface area contributed by atoms with E-state index in [1.54, 1.807) is 30.3 Å². The SMILES string of the molecule is COc1cc(C2C(=C(O)c3ccc4c(c3)CC(C)O4)C(=O)C(=O)N2c2nc3c(C)cc(C)cc3s2)cc(OC)c1OC. The lowest BCUT2D eigenvalue weighted by atomic mass is 9.94. The number of ketones is 1. The molecule has 2 aliphatic rings. The normalized spacial score (nSPS) is 19.2. The number of benzene rings is 3. The van der Waals surface area contributed by atoms with Crippen LogP contribution in [-0.2, 0) is 16.0 Å². The molecule has 2 unspecified atom stereocenters. The highest BCUT2D eigenvalue weighted by atomic mass is 32.1. The van der Waals surface area contributed by atoms with E-state index < -0.39 is 17.7 Å². The zero-order chi connectivity index (χ0) is 29.9. The number of Topliss-reactive ketones (excluding diaryl/α,β-unsaturated/α-hetero) is 1. The molecule has 0 spiro atoms. The van der Waals surface area contributed by atoms with E-state index in [0.29, 0.717) is 39.9 Å². The van der Waals surface area contributed by atoms with E-state index in [2.05, 4.69) is 0 Å². The lowest BCUT2D eigenvalue weighted by Gasteiger charge is -2.24. The van der Waals surface area contributed by atoms with E-state index in [1.165, 1.54) is 37.6 Å². The molecule has 1 N–H and O–H groups in total. The minimum Gasteiger partial charge on any atom is -0.507 e. The Balaban J connectivity index is 1.60. The number of methoxy groups -OCH3 is 3. The van der Waals surface area contributed by atoms with Gasteiger partial charge in [0.15, 0.2) is 16.6 Å². The number of carbonyl (C=O) groups excluding carboxylic acids is 2. The third kappa shape index (κ3) is 4.34. The number of thiazole rings is 1. The number of aromatic nitrogens is 1. The van der Waals surface area contributed by atoms with Gasteiger partial charge >= 0.3 is 5.91 Å². The van der Waals surface area contributed by atoms with Crippen LogP contribution in [0, 0.1) is 13.8 Å². The molecule has 3 heterocycles. The minimum atomic E-state index is -1.02. The van der Waals surface area contributed by atoms with Crippen molar-refractivity contribution < 1.29 is 33.6 Å². The van der Waals surface area contributed by atoms with E-state index in [-0.39, 0.29) is 17.4 Å². The molecular formula is C32H30N2O7S. The van der Waals surface area contributed by atoms with Crippen molar-refractivity contribution >= 4 is 44.1 Å². The van der Waals surface area contributed by atoms with Crippen LogP contribution in [0.3, 0.4) is 0 Å². The molecule has 1 saturated heterocycles. The van der Waals surface area contributed by atoms with Crippen molar-refractivity contribution in [3.8, 4) is 23.0 Å². The lowest BCUT2D eigenvalue weighted by molar-refractivity contribution is -0.132. The summed E-state index contributed by atoms with van der Waals surface area (Å²) in [5.74, 6) is -0.107. The van der Waals surface area contributed by atoms with Crippen LogP contribution in [0.1, 0.15) is 40.8 Å². The number of aliphatic hydroxyl groups excluding tert-OH is 1. The fourth-order valence-corrected chi connectivity index (χ4v) is 6.96. The summed E-state index contributed by atoms with van der Waals surface area (Å²) in [5, 5.41) is 12.1. The van der Waals surface area contributed by atoms with Crippen LogP contribution in [0.4, 0.5) is 5.13 Å². The molecule has 9 nitrogen and oxygen atoms in total. The monoisotopic (exact) mass is 586 g/mol. The lowest BCUT2D eigenvalue weighted by Crippen LogP contribution is -2.29. The number of nitrogens with zero attached hydrogens (tertiary/aromatic N) is 2. The van der Waals surface area contributed by atoms with E-state index in [4.69, 9.17) is 23.9 Å². The van der Waals surface area contributed by atoms with Gasteiger partial charge in [-0.25, -0.2) is 4.98 Å². The van der Waals surface area contributed by atoms with Crippen LogP contribution in [-0.4, -0.2) is 49.2 Å². The molecular weight excluding hydrogens is 556 g/mol. The number of hydrogen-bond acceptors (Lipinski definition) is 9. The molecule has 3 aromatic carbocycles. The number of rotatable bonds is 6.